The molecule has 2 heteroatoms. The Labute approximate surface area is 171 Å². The molecule has 1 unspecified atom stereocenters. The summed E-state index contributed by atoms with van der Waals surface area (Å²) >= 11 is 0. The molecule has 1 amide bonds. The van der Waals surface area contributed by atoms with Gasteiger partial charge in [0.15, 0.2) is 0 Å². The van der Waals surface area contributed by atoms with Crippen LogP contribution in [-0.2, 0) is 4.79 Å². The zero-order chi connectivity index (χ0) is 20.8. The van der Waals surface area contributed by atoms with Gasteiger partial charge in [0.05, 0.1) is 0 Å². The third-order valence-corrected chi connectivity index (χ3v) is 6.67. The van der Waals surface area contributed by atoms with Crippen molar-refractivity contribution in [2.75, 3.05) is 13.6 Å². The number of amides is 1. The highest BCUT2D eigenvalue weighted by atomic mass is 16.2. The van der Waals surface area contributed by atoms with Crippen LogP contribution in [0.1, 0.15) is 131 Å². The first-order valence-electron chi connectivity index (χ1n) is 11.9. The SMILES string of the molecule is CCCCC(C)(CCC)CCN(C)C(=O)CCCCCCCC(C)(C)CC. The molecule has 0 saturated carbocycles. The van der Waals surface area contributed by atoms with Gasteiger partial charge in [-0.15, -0.1) is 0 Å². The van der Waals surface area contributed by atoms with Gasteiger partial charge in [0.2, 0.25) is 5.91 Å². The Bertz CT molecular complexity index is 377. The van der Waals surface area contributed by atoms with Crippen LogP contribution in [0.15, 0.2) is 0 Å². The second-order valence-electron chi connectivity index (χ2n) is 10.0. The van der Waals surface area contributed by atoms with Gasteiger partial charge in [-0.05, 0) is 42.9 Å². The van der Waals surface area contributed by atoms with Crippen LogP contribution in [0.25, 0.3) is 0 Å². The molecule has 0 fully saturated rings. The molecule has 0 rings (SSSR count). The largest absolute Gasteiger partial charge is 0.346 e. The first kappa shape index (κ1) is 26.5. The number of carbonyl (C=O) groups excluding carboxylic acids is 1. The molecule has 0 bridgehead atoms. The number of rotatable bonds is 17. The van der Waals surface area contributed by atoms with Gasteiger partial charge in [-0.25, -0.2) is 0 Å². The van der Waals surface area contributed by atoms with E-state index in [0.717, 1.165) is 25.8 Å². The van der Waals surface area contributed by atoms with Crippen molar-refractivity contribution in [1.82, 2.24) is 4.90 Å². The minimum Gasteiger partial charge on any atom is -0.346 e. The number of unbranched alkanes of at least 4 members (excludes halogenated alkanes) is 5. The minimum absolute atomic E-state index is 0.344. The predicted octanol–water partition coefficient (Wildman–Crippen LogP) is 8.00. The summed E-state index contributed by atoms with van der Waals surface area (Å²) in [6.07, 6.45) is 17.1. The molecule has 0 radical (unpaired) electrons. The van der Waals surface area contributed by atoms with Gasteiger partial charge in [-0.2, -0.15) is 0 Å². The molecule has 27 heavy (non-hydrogen) atoms. The van der Waals surface area contributed by atoms with Crippen LogP contribution in [0.5, 0.6) is 0 Å². The van der Waals surface area contributed by atoms with E-state index in [4.69, 9.17) is 0 Å². The molecule has 2 nitrogen and oxygen atoms in total. The summed E-state index contributed by atoms with van der Waals surface area (Å²) in [7, 11) is 2.00. The van der Waals surface area contributed by atoms with Crippen molar-refractivity contribution < 1.29 is 4.79 Å². The fraction of sp³-hybridized carbons (Fsp3) is 0.960. The van der Waals surface area contributed by atoms with Gasteiger partial charge in [0.1, 0.15) is 0 Å². The number of hydrogen-bond donors (Lipinski definition) is 0. The fourth-order valence-electron chi connectivity index (χ4n) is 3.92. The Morgan fingerprint density at radius 1 is 0.741 bits per heavy atom. The van der Waals surface area contributed by atoms with E-state index in [1.165, 1.54) is 70.6 Å². The Morgan fingerprint density at radius 3 is 1.96 bits per heavy atom. The van der Waals surface area contributed by atoms with E-state index in [2.05, 4.69) is 41.5 Å². The van der Waals surface area contributed by atoms with Gasteiger partial charge in [-0.3, -0.25) is 4.79 Å². The molecule has 0 aliphatic heterocycles. The van der Waals surface area contributed by atoms with Gasteiger partial charge in [-0.1, -0.05) is 92.9 Å². The van der Waals surface area contributed by atoms with Crippen molar-refractivity contribution >= 4 is 5.91 Å². The average molecular weight is 382 g/mol. The van der Waals surface area contributed by atoms with E-state index in [-0.39, 0.29) is 0 Å². The molecule has 0 heterocycles. The molecule has 0 aliphatic rings. The summed E-state index contributed by atoms with van der Waals surface area (Å²) in [4.78, 5) is 14.4. The van der Waals surface area contributed by atoms with Gasteiger partial charge >= 0.3 is 0 Å². The first-order chi connectivity index (χ1) is 12.7. The highest BCUT2D eigenvalue weighted by Crippen LogP contribution is 2.33. The summed E-state index contributed by atoms with van der Waals surface area (Å²) < 4.78 is 0. The highest BCUT2D eigenvalue weighted by Gasteiger charge is 2.23. The highest BCUT2D eigenvalue weighted by molar-refractivity contribution is 5.75. The van der Waals surface area contributed by atoms with Gasteiger partial charge < -0.3 is 4.90 Å². The van der Waals surface area contributed by atoms with Crippen LogP contribution in [0.2, 0.25) is 0 Å². The van der Waals surface area contributed by atoms with Crippen molar-refractivity contribution in [1.29, 1.82) is 0 Å². The standard InChI is InChI=1S/C25H51NO/c1-8-11-20-25(6,18-9-2)21-22-26(7)23(27)17-15-13-12-14-16-19-24(4,5)10-3/h8-22H2,1-7H3. The summed E-state index contributed by atoms with van der Waals surface area (Å²) in [6.45, 7) is 14.9. The molecule has 0 aromatic carbocycles. The molecule has 0 aromatic rings. The topological polar surface area (TPSA) is 20.3 Å². The van der Waals surface area contributed by atoms with Crippen LogP contribution in [0.4, 0.5) is 0 Å². The Kier molecular flexibility index (Phi) is 14.2. The van der Waals surface area contributed by atoms with E-state index in [1.807, 2.05) is 11.9 Å². The van der Waals surface area contributed by atoms with Gasteiger partial charge in [0, 0.05) is 20.0 Å². The van der Waals surface area contributed by atoms with Crippen LogP contribution >= 0.6 is 0 Å². The average Bonchev–Trinajstić information content (AvgIpc) is 2.63. The fourth-order valence-corrected chi connectivity index (χ4v) is 3.92. The predicted molar refractivity (Wildman–Crippen MR) is 121 cm³/mol. The van der Waals surface area contributed by atoms with Crippen LogP contribution in [0, 0.1) is 10.8 Å². The number of carbonyl (C=O) groups is 1. The molecule has 0 N–H and O–H groups in total. The lowest BCUT2D eigenvalue weighted by Gasteiger charge is -2.31. The van der Waals surface area contributed by atoms with Crippen molar-refractivity contribution in [2.45, 2.75) is 131 Å². The molecular formula is C25H51NO. The molecular weight excluding hydrogens is 330 g/mol. The molecule has 0 aliphatic carbocycles. The molecule has 0 saturated heterocycles. The summed E-state index contributed by atoms with van der Waals surface area (Å²) in [5.74, 6) is 0.344. The molecule has 162 valence electrons. The zero-order valence-electron chi connectivity index (χ0n) is 20.0. The van der Waals surface area contributed by atoms with E-state index in [1.54, 1.807) is 0 Å². The lowest BCUT2D eigenvalue weighted by atomic mass is 9.78. The summed E-state index contributed by atoms with van der Waals surface area (Å²) in [5.41, 5.74) is 0.910. The normalized spacial score (nSPS) is 14.2. The van der Waals surface area contributed by atoms with Gasteiger partial charge in [0.25, 0.3) is 0 Å². The molecule has 0 aromatic heterocycles. The van der Waals surface area contributed by atoms with Crippen molar-refractivity contribution in [3.63, 3.8) is 0 Å². The smallest absolute Gasteiger partial charge is 0.222 e. The van der Waals surface area contributed by atoms with Crippen molar-refractivity contribution in [2.24, 2.45) is 10.8 Å². The maximum atomic E-state index is 12.4. The maximum absolute atomic E-state index is 12.4. The summed E-state index contributed by atoms with van der Waals surface area (Å²) in [5, 5.41) is 0. The molecule has 0 spiro atoms. The first-order valence-corrected chi connectivity index (χ1v) is 11.9. The van der Waals surface area contributed by atoms with E-state index >= 15 is 0 Å². The van der Waals surface area contributed by atoms with E-state index in [9.17, 15) is 4.79 Å². The third kappa shape index (κ3) is 13.3. The van der Waals surface area contributed by atoms with E-state index in [0.29, 0.717) is 16.7 Å². The number of hydrogen-bond acceptors (Lipinski definition) is 1. The second-order valence-corrected chi connectivity index (χ2v) is 10.0. The van der Waals surface area contributed by atoms with E-state index < -0.39 is 0 Å². The van der Waals surface area contributed by atoms with Crippen molar-refractivity contribution in [3.05, 3.63) is 0 Å². The monoisotopic (exact) mass is 381 g/mol. The minimum atomic E-state index is 0.344. The third-order valence-electron chi connectivity index (χ3n) is 6.67. The Balaban J connectivity index is 3.94. The zero-order valence-corrected chi connectivity index (χ0v) is 20.0. The van der Waals surface area contributed by atoms with Crippen LogP contribution in [-0.4, -0.2) is 24.4 Å². The lowest BCUT2D eigenvalue weighted by molar-refractivity contribution is -0.130. The summed E-state index contributed by atoms with van der Waals surface area (Å²) in [6, 6.07) is 0. The molecule has 1 atom stereocenters. The second kappa shape index (κ2) is 14.5. The Hall–Kier alpha value is -0.530. The van der Waals surface area contributed by atoms with Crippen molar-refractivity contribution in [3.8, 4) is 0 Å². The Morgan fingerprint density at radius 2 is 1.37 bits per heavy atom. The van der Waals surface area contributed by atoms with Crippen LogP contribution < -0.4 is 0 Å². The lowest BCUT2D eigenvalue weighted by Crippen LogP contribution is -2.31. The maximum Gasteiger partial charge on any atom is 0.222 e. The number of nitrogens with zero attached hydrogens (tertiary/aromatic N) is 1. The van der Waals surface area contributed by atoms with Crippen LogP contribution in [0.3, 0.4) is 0 Å². The quantitative estimate of drug-likeness (QED) is 0.234.